The van der Waals surface area contributed by atoms with Crippen LogP contribution in [0.1, 0.15) is 21.5 Å². The molecule has 0 heterocycles. The summed E-state index contributed by atoms with van der Waals surface area (Å²) in [5.41, 5.74) is 2.40. The molecule has 0 atom stereocenters. The second-order valence-corrected chi connectivity index (χ2v) is 5.65. The van der Waals surface area contributed by atoms with Gasteiger partial charge in [0.25, 0.3) is 5.91 Å². The minimum absolute atomic E-state index is 0.285. The molecule has 116 valence electrons. The van der Waals surface area contributed by atoms with Gasteiger partial charge in [-0.1, -0.05) is 6.07 Å². The predicted molar refractivity (Wildman–Crippen MR) is 88.9 cm³/mol. The van der Waals surface area contributed by atoms with Gasteiger partial charge >= 0.3 is 5.97 Å². The lowest BCUT2D eigenvalue weighted by Crippen LogP contribution is -2.21. The van der Waals surface area contributed by atoms with Gasteiger partial charge in [0.1, 0.15) is 0 Å². The summed E-state index contributed by atoms with van der Waals surface area (Å²) in [6.07, 6.45) is 0. The Morgan fingerprint density at radius 3 is 2.52 bits per heavy atom. The van der Waals surface area contributed by atoms with E-state index in [-0.39, 0.29) is 12.2 Å². The normalized spacial score (nSPS) is 9.78. The van der Waals surface area contributed by atoms with Gasteiger partial charge in [-0.25, -0.2) is 4.79 Å². The van der Waals surface area contributed by atoms with Crippen LogP contribution in [0, 0.1) is 18.3 Å². The van der Waals surface area contributed by atoms with E-state index < -0.39 is 11.9 Å². The smallest absolute Gasteiger partial charge is 0.338 e. The molecule has 0 aliphatic rings. The van der Waals surface area contributed by atoms with Crippen LogP contribution < -0.4 is 5.32 Å². The largest absolute Gasteiger partial charge is 0.452 e. The van der Waals surface area contributed by atoms with Crippen molar-refractivity contribution in [3.63, 3.8) is 0 Å². The van der Waals surface area contributed by atoms with Gasteiger partial charge in [-0.3, -0.25) is 4.79 Å². The molecule has 1 N–H and O–H groups in total. The molecule has 0 saturated heterocycles. The number of ether oxygens (including phenoxy) is 1. The molecule has 0 aliphatic heterocycles. The van der Waals surface area contributed by atoms with Gasteiger partial charge in [0, 0.05) is 4.47 Å². The first-order valence-electron chi connectivity index (χ1n) is 6.73. The quantitative estimate of drug-likeness (QED) is 0.833. The molecule has 23 heavy (non-hydrogen) atoms. The van der Waals surface area contributed by atoms with Crippen molar-refractivity contribution in [1.82, 2.24) is 0 Å². The predicted octanol–water partition coefficient (Wildman–Crippen LogP) is 3.42. The minimum atomic E-state index is -0.618. The first-order chi connectivity index (χ1) is 11.0. The van der Waals surface area contributed by atoms with Crippen LogP contribution in [-0.2, 0) is 9.53 Å². The van der Waals surface area contributed by atoms with Crippen LogP contribution in [0.5, 0.6) is 0 Å². The molecule has 0 bridgehead atoms. The Hall–Kier alpha value is -2.65. The van der Waals surface area contributed by atoms with Gasteiger partial charge in [0.2, 0.25) is 0 Å². The Kier molecular flexibility index (Phi) is 5.50. The Morgan fingerprint density at radius 2 is 1.91 bits per heavy atom. The summed E-state index contributed by atoms with van der Waals surface area (Å²) in [4.78, 5) is 23.7. The first kappa shape index (κ1) is 16.7. The summed E-state index contributed by atoms with van der Waals surface area (Å²) in [6.45, 7) is 1.55. The van der Waals surface area contributed by atoms with Crippen LogP contribution in [0.2, 0.25) is 0 Å². The molecule has 0 spiro atoms. The average Bonchev–Trinajstić information content (AvgIpc) is 2.55. The number of benzene rings is 2. The molecule has 0 aromatic heterocycles. The molecule has 0 saturated carbocycles. The van der Waals surface area contributed by atoms with E-state index in [1.165, 1.54) is 24.3 Å². The molecule has 2 rings (SSSR count). The van der Waals surface area contributed by atoms with Crippen molar-refractivity contribution in [2.45, 2.75) is 6.92 Å². The fraction of sp³-hybridized carbons (Fsp3) is 0.118. The molecular weight excluding hydrogens is 360 g/mol. The minimum Gasteiger partial charge on any atom is -0.452 e. The number of hydrogen-bond acceptors (Lipinski definition) is 4. The highest BCUT2D eigenvalue weighted by molar-refractivity contribution is 9.10. The number of esters is 1. The maximum Gasteiger partial charge on any atom is 0.338 e. The second-order valence-electron chi connectivity index (χ2n) is 4.80. The van der Waals surface area contributed by atoms with E-state index in [2.05, 4.69) is 21.2 Å². The van der Waals surface area contributed by atoms with Crippen molar-refractivity contribution in [3.8, 4) is 6.07 Å². The molecule has 0 unspecified atom stereocenters. The Bertz CT molecular complexity index is 779. The van der Waals surface area contributed by atoms with Gasteiger partial charge < -0.3 is 10.1 Å². The van der Waals surface area contributed by atoms with Crippen molar-refractivity contribution >= 4 is 33.5 Å². The van der Waals surface area contributed by atoms with Gasteiger partial charge in [0.15, 0.2) is 6.61 Å². The van der Waals surface area contributed by atoms with Crippen molar-refractivity contribution < 1.29 is 14.3 Å². The van der Waals surface area contributed by atoms with E-state index in [1.807, 2.05) is 25.1 Å². The molecule has 0 fully saturated rings. The highest BCUT2D eigenvalue weighted by Crippen LogP contribution is 2.23. The number of anilines is 1. The highest BCUT2D eigenvalue weighted by Gasteiger charge is 2.11. The number of nitrogens with zero attached hydrogens (tertiary/aromatic N) is 1. The fourth-order valence-electron chi connectivity index (χ4n) is 1.80. The van der Waals surface area contributed by atoms with Crippen molar-refractivity contribution in [1.29, 1.82) is 5.26 Å². The molecule has 2 aromatic rings. The number of aryl methyl sites for hydroxylation is 1. The van der Waals surface area contributed by atoms with Gasteiger partial charge in [0.05, 0.1) is 22.9 Å². The van der Waals surface area contributed by atoms with Gasteiger partial charge in [-0.2, -0.15) is 5.26 Å². The molecular formula is C17H13BrN2O3. The van der Waals surface area contributed by atoms with Crippen LogP contribution >= 0.6 is 15.9 Å². The molecule has 6 heteroatoms. The zero-order valence-corrected chi connectivity index (χ0v) is 13.9. The summed E-state index contributed by atoms with van der Waals surface area (Å²) < 4.78 is 5.70. The standard InChI is InChI=1S/C17H13BrN2O3/c1-11-2-7-15(14(18)8-11)20-16(21)10-23-17(22)13-5-3-12(9-19)4-6-13/h2-8H,10H2,1H3,(H,20,21). The van der Waals surface area contributed by atoms with E-state index >= 15 is 0 Å². The van der Waals surface area contributed by atoms with E-state index in [0.29, 0.717) is 11.3 Å². The van der Waals surface area contributed by atoms with Crippen molar-refractivity contribution in [2.75, 3.05) is 11.9 Å². The number of nitriles is 1. The zero-order valence-electron chi connectivity index (χ0n) is 12.3. The number of nitrogens with one attached hydrogen (secondary N) is 1. The molecule has 0 aliphatic carbocycles. The van der Waals surface area contributed by atoms with E-state index in [0.717, 1.165) is 10.0 Å². The number of hydrogen-bond donors (Lipinski definition) is 1. The summed E-state index contributed by atoms with van der Waals surface area (Å²) in [6, 6.07) is 13.5. The zero-order chi connectivity index (χ0) is 16.8. The maximum atomic E-state index is 11.8. The van der Waals surface area contributed by atoms with Crippen LogP contribution in [0.15, 0.2) is 46.9 Å². The van der Waals surface area contributed by atoms with E-state index in [4.69, 9.17) is 10.00 Å². The number of amides is 1. The van der Waals surface area contributed by atoms with Crippen molar-refractivity contribution in [3.05, 3.63) is 63.6 Å². The maximum absolute atomic E-state index is 11.8. The number of halogens is 1. The van der Waals surface area contributed by atoms with Crippen LogP contribution in [0.3, 0.4) is 0 Å². The lowest BCUT2D eigenvalue weighted by molar-refractivity contribution is -0.119. The lowest BCUT2D eigenvalue weighted by Gasteiger charge is -2.09. The second kappa shape index (κ2) is 7.56. The van der Waals surface area contributed by atoms with E-state index in [9.17, 15) is 9.59 Å². The Morgan fingerprint density at radius 1 is 1.22 bits per heavy atom. The number of carbonyl (C=O) groups is 2. The number of carbonyl (C=O) groups excluding carboxylic acids is 2. The summed E-state index contributed by atoms with van der Waals surface area (Å²) in [7, 11) is 0. The van der Waals surface area contributed by atoms with Gasteiger partial charge in [-0.05, 0) is 64.8 Å². The third kappa shape index (κ3) is 4.66. The van der Waals surface area contributed by atoms with Crippen LogP contribution in [0.25, 0.3) is 0 Å². The third-order valence-corrected chi connectivity index (χ3v) is 3.64. The highest BCUT2D eigenvalue weighted by atomic mass is 79.9. The fourth-order valence-corrected chi connectivity index (χ4v) is 2.40. The number of rotatable bonds is 4. The molecule has 0 radical (unpaired) electrons. The van der Waals surface area contributed by atoms with Crippen molar-refractivity contribution in [2.24, 2.45) is 0 Å². The average molecular weight is 373 g/mol. The third-order valence-electron chi connectivity index (χ3n) is 2.98. The Balaban J connectivity index is 1.90. The summed E-state index contributed by atoms with van der Waals surface area (Å²) in [5.74, 6) is -1.05. The Labute approximate surface area is 142 Å². The van der Waals surface area contributed by atoms with Crippen LogP contribution in [0.4, 0.5) is 5.69 Å². The molecule has 1 amide bonds. The van der Waals surface area contributed by atoms with E-state index in [1.54, 1.807) is 6.07 Å². The lowest BCUT2D eigenvalue weighted by atomic mass is 10.1. The summed E-state index contributed by atoms with van der Waals surface area (Å²) in [5, 5.41) is 11.4. The van der Waals surface area contributed by atoms with Gasteiger partial charge in [-0.15, -0.1) is 0 Å². The monoisotopic (exact) mass is 372 g/mol. The molecule has 5 nitrogen and oxygen atoms in total. The SMILES string of the molecule is Cc1ccc(NC(=O)COC(=O)c2ccc(C#N)cc2)c(Br)c1. The topological polar surface area (TPSA) is 79.2 Å². The molecule has 2 aromatic carbocycles. The van der Waals surface area contributed by atoms with Crippen LogP contribution in [-0.4, -0.2) is 18.5 Å². The summed E-state index contributed by atoms with van der Waals surface area (Å²) >= 11 is 3.36. The first-order valence-corrected chi connectivity index (χ1v) is 7.52.